The minimum Gasteiger partial charge on any atom is -0.103 e. The summed E-state index contributed by atoms with van der Waals surface area (Å²) in [6.45, 7) is 2.18. The van der Waals surface area contributed by atoms with Crippen molar-refractivity contribution in [3.05, 3.63) is 42.3 Å². The summed E-state index contributed by atoms with van der Waals surface area (Å²) in [5, 5.41) is 0. The van der Waals surface area contributed by atoms with Crippen LogP contribution in [0.25, 0.3) is 0 Å². The highest BCUT2D eigenvalue weighted by Gasteiger charge is 1.85. The first kappa shape index (κ1) is 9.86. The van der Waals surface area contributed by atoms with Crippen LogP contribution in [0.2, 0.25) is 0 Å². The van der Waals surface area contributed by atoms with Gasteiger partial charge >= 0.3 is 0 Å². The van der Waals surface area contributed by atoms with Crippen molar-refractivity contribution in [1.29, 1.82) is 0 Å². The van der Waals surface area contributed by atoms with E-state index < -0.39 is 0 Å². The van der Waals surface area contributed by atoms with Gasteiger partial charge in [0.2, 0.25) is 0 Å². The molecule has 0 atom stereocenters. The largest absolute Gasteiger partial charge is 0.103 e. The molecule has 0 aliphatic carbocycles. The van der Waals surface area contributed by atoms with Crippen LogP contribution in [0, 0.1) is 18.3 Å². The first-order chi connectivity index (χ1) is 6.43. The zero-order valence-corrected chi connectivity index (χ0v) is 8.09. The number of benzene rings is 1. The summed E-state index contributed by atoms with van der Waals surface area (Å²) in [6.07, 6.45) is 5.41. The first-order valence-corrected chi connectivity index (χ1v) is 4.80. The lowest BCUT2D eigenvalue weighted by Gasteiger charge is -1.90. The van der Waals surface area contributed by atoms with E-state index >= 15 is 0 Å². The second kappa shape index (κ2) is 6.31. The third-order valence-electron chi connectivity index (χ3n) is 1.80. The average Bonchev–Trinajstić information content (AvgIpc) is 2.19. The number of hydrogen-bond donors (Lipinski definition) is 0. The Labute approximate surface area is 81.0 Å². The van der Waals surface area contributed by atoms with E-state index in [0.717, 1.165) is 6.42 Å². The molecule has 67 valence electrons. The van der Waals surface area contributed by atoms with Gasteiger partial charge < -0.3 is 0 Å². The molecule has 0 saturated heterocycles. The Kier molecular flexibility index (Phi) is 4.79. The van der Waals surface area contributed by atoms with Crippen LogP contribution >= 0.6 is 0 Å². The zero-order chi connectivity index (χ0) is 9.36. The highest BCUT2D eigenvalue weighted by molar-refractivity contribution is 5.31. The van der Waals surface area contributed by atoms with Crippen molar-refractivity contribution in [2.75, 3.05) is 0 Å². The van der Waals surface area contributed by atoms with E-state index in [9.17, 15) is 0 Å². The Morgan fingerprint density at radius 3 is 2.69 bits per heavy atom. The zero-order valence-electron chi connectivity index (χ0n) is 8.09. The lowest BCUT2D eigenvalue weighted by Crippen LogP contribution is -1.75. The van der Waals surface area contributed by atoms with Crippen LogP contribution in [0.4, 0.5) is 0 Å². The van der Waals surface area contributed by atoms with Crippen LogP contribution in [-0.4, -0.2) is 0 Å². The van der Waals surface area contributed by atoms with Crippen molar-refractivity contribution in [2.45, 2.75) is 26.2 Å². The molecule has 1 rings (SSSR count). The highest BCUT2D eigenvalue weighted by Crippen LogP contribution is 2.00. The van der Waals surface area contributed by atoms with Gasteiger partial charge in [-0.2, -0.15) is 0 Å². The molecular formula is C13H15. The summed E-state index contributed by atoms with van der Waals surface area (Å²) in [7, 11) is 0. The Bertz CT molecular complexity index is 274. The third kappa shape index (κ3) is 4.38. The van der Waals surface area contributed by atoms with Crippen LogP contribution < -0.4 is 0 Å². The van der Waals surface area contributed by atoms with Crippen molar-refractivity contribution in [2.24, 2.45) is 0 Å². The molecule has 0 amide bonds. The lowest BCUT2D eigenvalue weighted by atomic mass is 10.1. The molecule has 0 aliphatic heterocycles. The van der Waals surface area contributed by atoms with Crippen LogP contribution in [0.1, 0.15) is 31.7 Å². The molecule has 0 unspecified atom stereocenters. The van der Waals surface area contributed by atoms with Gasteiger partial charge in [-0.05, 0) is 12.0 Å². The van der Waals surface area contributed by atoms with Crippen LogP contribution in [0.3, 0.4) is 0 Å². The Morgan fingerprint density at radius 1 is 1.23 bits per heavy atom. The number of unbranched alkanes of at least 4 members (excludes halogenated alkanes) is 2. The minimum absolute atomic E-state index is 1.01. The molecule has 0 N–H and O–H groups in total. The molecule has 0 heterocycles. The van der Waals surface area contributed by atoms with Crippen LogP contribution in [0.5, 0.6) is 0 Å². The summed E-state index contributed by atoms with van der Waals surface area (Å²) in [6, 6.07) is 10.2. The molecule has 0 nitrogen and oxygen atoms in total. The van der Waals surface area contributed by atoms with E-state index in [1.165, 1.54) is 18.4 Å². The monoisotopic (exact) mass is 171 g/mol. The van der Waals surface area contributed by atoms with Crippen molar-refractivity contribution >= 4 is 0 Å². The molecule has 13 heavy (non-hydrogen) atoms. The van der Waals surface area contributed by atoms with E-state index in [4.69, 9.17) is 0 Å². The van der Waals surface area contributed by atoms with Crippen molar-refractivity contribution in [3.63, 3.8) is 0 Å². The fourth-order valence-corrected chi connectivity index (χ4v) is 1.02. The maximum atomic E-state index is 3.13. The third-order valence-corrected chi connectivity index (χ3v) is 1.80. The van der Waals surface area contributed by atoms with Crippen LogP contribution in [0.15, 0.2) is 30.3 Å². The van der Waals surface area contributed by atoms with Gasteiger partial charge in [0.15, 0.2) is 0 Å². The Balaban J connectivity index is 2.29. The van der Waals surface area contributed by atoms with Crippen molar-refractivity contribution in [3.8, 4) is 11.8 Å². The van der Waals surface area contributed by atoms with Gasteiger partial charge in [-0.1, -0.05) is 49.6 Å². The molecule has 0 saturated carbocycles. The van der Waals surface area contributed by atoms with Gasteiger partial charge in [0.05, 0.1) is 6.42 Å². The Hall–Kier alpha value is -1.22. The fraction of sp³-hybridized carbons (Fsp3) is 0.308. The molecular weight excluding hydrogens is 156 g/mol. The van der Waals surface area contributed by atoms with Crippen LogP contribution in [-0.2, 0) is 0 Å². The second-order valence-corrected chi connectivity index (χ2v) is 2.98. The van der Waals surface area contributed by atoms with Crippen molar-refractivity contribution < 1.29 is 0 Å². The quantitative estimate of drug-likeness (QED) is 0.483. The lowest BCUT2D eigenvalue weighted by molar-refractivity contribution is 0.828. The SMILES string of the molecule is CCCCC#C[CH]c1ccccc1. The van der Waals surface area contributed by atoms with E-state index in [1.807, 2.05) is 24.6 Å². The highest BCUT2D eigenvalue weighted by atomic mass is 13.9. The molecule has 0 fully saturated rings. The Morgan fingerprint density at radius 2 is 2.00 bits per heavy atom. The van der Waals surface area contributed by atoms with E-state index in [-0.39, 0.29) is 0 Å². The second-order valence-electron chi connectivity index (χ2n) is 2.98. The summed E-state index contributed by atoms with van der Waals surface area (Å²) in [5.41, 5.74) is 1.19. The summed E-state index contributed by atoms with van der Waals surface area (Å²) >= 11 is 0. The van der Waals surface area contributed by atoms with E-state index in [0.29, 0.717) is 0 Å². The molecule has 1 radical (unpaired) electrons. The molecule has 0 aliphatic rings. The molecule has 0 spiro atoms. The summed E-state index contributed by atoms with van der Waals surface area (Å²) in [5.74, 6) is 6.19. The predicted molar refractivity (Wildman–Crippen MR) is 57.1 cm³/mol. The molecule has 1 aromatic carbocycles. The smallest absolute Gasteiger partial charge is 0.0630 e. The van der Waals surface area contributed by atoms with Gasteiger partial charge in [-0.3, -0.25) is 0 Å². The predicted octanol–water partition coefficient (Wildman–Crippen LogP) is 3.43. The van der Waals surface area contributed by atoms with Gasteiger partial charge in [0.1, 0.15) is 0 Å². The molecule has 0 heteroatoms. The van der Waals surface area contributed by atoms with Gasteiger partial charge in [0.25, 0.3) is 0 Å². The van der Waals surface area contributed by atoms with E-state index in [1.54, 1.807) is 0 Å². The van der Waals surface area contributed by atoms with Gasteiger partial charge in [-0.15, -0.1) is 5.92 Å². The normalized spacial score (nSPS) is 9.00. The summed E-state index contributed by atoms with van der Waals surface area (Å²) in [4.78, 5) is 0. The summed E-state index contributed by atoms with van der Waals surface area (Å²) < 4.78 is 0. The topological polar surface area (TPSA) is 0 Å². The molecule has 0 bridgehead atoms. The maximum absolute atomic E-state index is 3.13. The minimum atomic E-state index is 1.01. The standard InChI is InChI=1S/C13H15/c1-2-3-4-5-7-10-13-11-8-6-9-12-13/h6,8-12H,2-4H2,1H3. The maximum Gasteiger partial charge on any atom is 0.0630 e. The fourth-order valence-electron chi connectivity index (χ4n) is 1.02. The number of hydrogen-bond acceptors (Lipinski definition) is 0. The average molecular weight is 171 g/mol. The molecule has 1 aromatic rings. The van der Waals surface area contributed by atoms with E-state index in [2.05, 4.69) is 30.9 Å². The first-order valence-electron chi connectivity index (χ1n) is 4.80. The molecule has 0 aromatic heterocycles. The van der Waals surface area contributed by atoms with Crippen molar-refractivity contribution in [1.82, 2.24) is 0 Å². The van der Waals surface area contributed by atoms with Gasteiger partial charge in [0, 0.05) is 6.42 Å². The van der Waals surface area contributed by atoms with Gasteiger partial charge in [-0.25, -0.2) is 0 Å². The number of rotatable bonds is 3.